The average molecular weight is 347 g/mol. The van der Waals surface area contributed by atoms with Crippen LogP contribution in [0.3, 0.4) is 0 Å². The molecule has 5 nitrogen and oxygen atoms in total. The van der Waals surface area contributed by atoms with E-state index in [4.69, 9.17) is 4.74 Å². The molecule has 1 amide bonds. The van der Waals surface area contributed by atoms with Gasteiger partial charge in [-0.3, -0.25) is 4.79 Å². The summed E-state index contributed by atoms with van der Waals surface area (Å²) in [5.74, 6) is -0.126. The van der Waals surface area contributed by atoms with Crippen LogP contribution < -0.4 is 5.32 Å². The Morgan fingerprint density at radius 3 is 2.73 bits per heavy atom. The van der Waals surface area contributed by atoms with Gasteiger partial charge < -0.3 is 10.1 Å². The van der Waals surface area contributed by atoms with Crippen LogP contribution in [0.1, 0.15) is 39.0 Å². The molecule has 0 unspecified atom stereocenters. The van der Waals surface area contributed by atoms with E-state index in [1.165, 1.54) is 5.56 Å². The Morgan fingerprint density at radius 2 is 1.88 bits per heavy atom. The first-order chi connectivity index (χ1) is 12.6. The summed E-state index contributed by atoms with van der Waals surface area (Å²) in [4.78, 5) is 21.6. The van der Waals surface area contributed by atoms with Gasteiger partial charge in [-0.25, -0.2) is 9.97 Å². The lowest BCUT2D eigenvalue weighted by molar-refractivity contribution is 0.0411. The maximum absolute atomic E-state index is 12.6. The monoisotopic (exact) mass is 347 g/mol. The quantitative estimate of drug-likeness (QED) is 0.790. The Labute approximate surface area is 152 Å². The highest BCUT2D eigenvalue weighted by atomic mass is 16.5. The summed E-state index contributed by atoms with van der Waals surface area (Å²) in [7, 11) is 0. The zero-order valence-electron chi connectivity index (χ0n) is 15.0. The number of amides is 1. The van der Waals surface area contributed by atoms with Crippen LogP contribution in [0.5, 0.6) is 0 Å². The van der Waals surface area contributed by atoms with E-state index in [9.17, 15) is 4.79 Å². The molecule has 0 fully saturated rings. The molecule has 1 aliphatic heterocycles. The van der Waals surface area contributed by atoms with E-state index >= 15 is 0 Å². The number of aromatic nitrogens is 2. The zero-order valence-corrected chi connectivity index (χ0v) is 15.0. The fourth-order valence-corrected chi connectivity index (χ4v) is 3.31. The van der Waals surface area contributed by atoms with E-state index in [-0.39, 0.29) is 12.0 Å². The van der Waals surface area contributed by atoms with Gasteiger partial charge in [0.15, 0.2) is 0 Å². The van der Waals surface area contributed by atoms with Crippen molar-refractivity contribution in [2.24, 2.45) is 0 Å². The second kappa shape index (κ2) is 6.84. The molecule has 4 rings (SSSR count). The first-order valence-electron chi connectivity index (χ1n) is 8.84. The van der Waals surface area contributed by atoms with Crippen molar-refractivity contribution in [1.82, 2.24) is 15.3 Å². The molecule has 0 radical (unpaired) electrons. The molecule has 0 bridgehead atoms. The number of nitrogens with one attached hydrogen (secondary N) is 1. The molecule has 5 heteroatoms. The van der Waals surface area contributed by atoms with Gasteiger partial charge >= 0.3 is 0 Å². The second-order valence-electron chi connectivity index (χ2n) is 6.62. The Morgan fingerprint density at radius 1 is 1.12 bits per heavy atom. The van der Waals surface area contributed by atoms with Crippen molar-refractivity contribution in [3.8, 4) is 0 Å². The van der Waals surface area contributed by atoms with Gasteiger partial charge in [-0.05, 0) is 49.6 Å². The summed E-state index contributed by atoms with van der Waals surface area (Å²) in [5, 5.41) is 2.99. The predicted molar refractivity (Wildman–Crippen MR) is 100 cm³/mol. The van der Waals surface area contributed by atoms with Gasteiger partial charge in [-0.2, -0.15) is 0 Å². The Kier molecular flexibility index (Phi) is 4.39. The molecule has 132 valence electrons. The number of carbonyl (C=O) groups is 1. The number of rotatable bonds is 3. The molecule has 26 heavy (non-hydrogen) atoms. The first kappa shape index (κ1) is 16.7. The largest absolute Gasteiger partial charge is 0.371 e. The van der Waals surface area contributed by atoms with E-state index < -0.39 is 0 Å². The fourth-order valence-electron chi connectivity index (χ4n) is 3.31. The van der Waals surface area contributed by atoms with Crippen LogP contribution in [0, 0.1) is 13.8 Å². The number of hydrogen-bond donors (Lipinski definition) is 1. The summed E-state index contributed by atoms with van der Waals surface area (Å²) in [6, 6.07) is 13.7. The van der Waals surface area contributed by atoms with Crippen LogP contribution >= 0.6 is 0 Å². The van der Waals surface area contributed by atoms with Gasteiger partial charge in [0.25, 0.3) is 5.91 Å². The van der Waals surface area contributed by atoms with Gasteiger partial charge in [0.1, 0.15) is 6.10 Å². The minimum atomic E-state index is -0.126. The smallest absolute Gasteiger partial charge is 0.251 e. The number of nitrogens with zero attached hydrogens (tertiary/aromatic N) is 2. The summed E-state index contributed by atoms with van der Waals surface area (Å²) in [6.45, 7) is 4.99. The van der Waals surface area contributed by atoms with Crippen LogP contribution in [-0.2, 0) is 11.2 Å². The first-order valence-corrected chi connectivity index (χ1v) is 8.84. The van der Waals surface area contributed by atoms with E-state index in [1.807, 2.05) is 32.0 Å². The highest BCUT2D eigenvalue weighted by molar-refractivity contribution is 5.97. The molecule has 2 aromatic carbocycles. The molecule has 1 atom stereocenters. The second-order valence-corrected chi connectivity index (χ2v) is 6.62. The molecule has 0 spiro atoms. The van der Waals surface area contributed by atoms with E-state index in [1.54, 1.807) is 12.1 Å². The van der Waals surface area contributed by atoms with Crippen LogP contribution in [0.25, 0.3) is 11.0 Å². The van der Waals surface area contributed by atoms with E-state index in [0.29, 0.717) is 18.7 Å². The summed E-state index contributed by atoms with van der Waals surface area (Å²) < 4.78 is 5.85. The minimum absolute atomic E-state index is 0.103. The topological polar surface area (TPSA) is 64.1 Å². The lowest BCUT2D eigenvalue weighted by Crippen LogP contribution is -2.31. The molecule has 0 saturated carbocycles. The predicted octanol–water partition coefficient (Wildman–Crippen LogP) is 3.29. The molecule has 0 saturated heterocycles. The third-order valence-electron chi connectivity index (χ3n) is 4.88. The van der Waals surface area contributed by atoms with Crippen molar-refractivity contribution in [3.05, 3.63) is 70.5 Å². The molecular formula is C21H21N3O2. The molecule has 2 heterocycles. The van der Waals surface area contributed by atoms with Crippen molar-refractivity contribution < 1.29 is 9.53 Å². The SMILES string of the molecule is Cc1nc2ccc(C(=O)NC[C@H]3OCCc4ccccc43)cc2nc1C. The highest BCUT2D eigenvalue weighted by Crippen LogP contribution is 2.26. The Balaban J connectivity index is 1.50. The van der Waals surface area contributed by atoms with Crippen molar-refractivity contribution in [3.63, 3.8) is 0 Å². The summed E-state index contributed by atoms with van der Waals surface area (Å²) in [6.07, 6.45) is 0.817. The van der Waals surface area contributed by atoms with Gasteiger partial charge in [-0.1, -0.05) is 24.3 Å². The van der Waals surface area contributed by atoms with Crippen molar-refractivity contribution in [1.29, 1.82) is 0 Å². The third kappa shape index (κ3) is 3.18. The van der Waals surface area contributed by atoms with Crippen molar-refractivity contribution in [2.75, 3.05) is 13.2 Å². The molecule has 1 aromatic heterocycles. The normalized spacial score (nSPS) is 16.3. The van der Waals surface area contributed by atoms with E-state index in [0.717, 1.165) is 34.4 Å². The number of ether oxygens (including phenoxy) is 1. The number of fused-ring (bicyclic) bond motifs is 2. The van der Waals surface area contributed by atoms with Gasteiger partial charge in [0.2, 0.25) is 0 Å². The van der Waals surface area contributed by atoms with Crippen molar-refractivity contribution in [2.45, 2.75) is 26.4 Å². The Hall–Kier alpha value is -2.79. The van der Waals surface area contributed by atoms with Crippen LogP contribution in [0.2, 0.25) is 0 Å². The molecule has 0 aliphatic carbocycles. The fraction of sp³-hybridized carbons (Fsp3) is 0.286. The van der Waals surface area contributed by atoms with E-state index in [2.05, 4.69) is 27.4 Å². The van der Waals surface area contributed by atoms with Crippen LogP contribution in [0.15, 0.2) is 42.5 Å². The minimum Gasteiger partial charge on any atom is -0.371 e. The summed E-state index contributed by atoms with van der Waals surface area (Å²) >= 11 is 0. The Bertz CT molecular complexity index is 984. The standard InChI is InChI=1S/C21H21N3O2/c1-13-14(2)24-19-11-16(7-8-18(19)23-13)21(25)22-12-20-17-6-4-3-5-15(17)9-10-26-20/h3-8,11,20H,9-10,12H2,1-2H3,(H,22,25)/t20-/m1/s1. The lowest BCUT2D eigenvalue weighted by Gasteiger charge is -2.26. The third-order valence-corrected chi connectivity index (χ3v) is 4.88. The number of aryl methyl sites for hydroxylation is 2. The summed E-state index contributed by atoms with van der Waals surface area (Å²) in [5.41, 5.74) is 6.36. The highest BCUT2D eigenvalue weighted by Gasteiger charge is 2.21. The number of carbonyl (C=O) groups excluding carboxylic acids is 1. The van der Waals surface area contributed by atoms with Crippen LogP contribution in [0.4, 0.5) is 0 Å². The maximum Gasteiger partial charge on any atom is 0.251 e. The molecule has 3 aromatic rings. The maximum atomic E-state index is 12.6. The average Bonchev–Trinajstić information content (AvgIpc) is 2.66. The van der Waals surface area contributed by atoms with Gasteiger partial charge in [0.05, 0.1) is 29.0 Å². The number of benzene rings is 2. The van der Waals surface area contributed by atoms with Gasteiger partial charge in [-0.15, -0.1) is 0 Å². The molecule has 1 aliphatic rings. The zero-order chi connectivity index (χ0) is 18.1. The van der Waals surface area contributed by atoms with Crippen LogP contribution in [-0.4, -0.2) is 29.0 Å². The molecular weight excluding hydrogens is 326 g/mol. The van der Waals surface area contributed by atoms with Gasteiger partial charge in [0, 0.05) is 12.1 Å². The molecule has 1 N–H and O–H groups in total. The number of hydrogen-bond acceptors (Lipinski definition) is 4. The lowest BCUT2D eigenvalue weighted by atomic mass is 9.97. The van der Waals surface area contributed by atoms with Crippen molar-refractivity contribution >= 4 is 16.9 Å².